The lowest BCUT2D eigenvalue weighted by atomic mass is 9.84. The van der Waals surface area contributed by atoms with E-state index in [0.717, 1.165) is 9.87 Å². The van der Waals surface area contributed by atoms with Crippen LogP contribution in [0.1, 0.15) is 49.1 Å². The van der Waals surface area contributed by atoms with Crippen molar-refractivity contribution < 1.29 is 8.42 Å². The summed E-state index contributed by atoms with van der Waals surface area (Å²) in [5.74, 6) is 0.679. The molecule has 0 aromatic heterocycles. The summed E-state index contributed by atoms with van der Waals surface area (Å²) in [6.45, 7) is 0.323. The molecule has 1 aliphatic carbocycles. The molecular formula is C14H22N2O2S. The van der Waals surface area contributed by atoms with Crippen molar-refractivity contribution in [2.45, 2.75) is 44.6 Å². The Morgan fingerprint density at radius 1 is 1.16 bits per heavy atom. The van der Waals surface area contributed by atoms with Gasteiger partial charge in [-0.2, -0.15) is 12.7 Å². The Bertz CT molecular complexity index is 505. The molecule has 0 bridgehead atoms. The van der Waals surface area contributed by atoms with E-state index in [1.54, 1.807) is 0 Å². The molecule has 0 aliphatic heterocycles. The standard InChI is InChI=1S/C14H22N2O2S/c1-16(19(15,17)18)11-12-7-9-14(10-8-12)13-5-3-2-4-6-13/h7-10,13H,2-6,11H2,1H3,(H2,15,17,18). The molecular weight excluding hydrogens is 260 g/mol. The minimum absolute atomic E-state index is 0.323. The van der Waals surface area contributed by atoms with Crippen molar-refractivity contribution in [2.24, 2.45) is 5.14 Å². The second-order valence-corrected chi connectivity index (χ2v) is 7.03. The van der Waals surface area contributed by atoms with Crippen molar-refractivity contribution in [1.29, 1.82) is 0 Å². The second kappa shape index (κ2) is 6.03. The van der Waals surface area contributed by atoms with Gasteiger partial charge in [0.25, 0.3) is 10.2 Å². The van der Waals surface area contributed by atoms with Crippen molar-refractivity contribution >= 4 is 10.2 Å². The maximum atomic E-state index is 11.2. The number of hydrogen-bond donors (Lipinski definition) is 1. The van der Waals surface area contributed by atoms with Gasteiger partial charge in [-0.05, 0) is 29.9 Å². The third-order valence-corrected chi connectivity index (χ3v) is 4.89. The zero-order valence-electron chi connectivity index (χ0n) is 11.4. The zero-order chi connectivity index (χ0) is 13.9. The van der Waals surface area contributed by atoms with Gasteiger partial charge in [0.15, 0.2) is 0 Å². The van der Waals surface area contributed by atoms with Crippen LogP contribution in [0.4, 0.5) is 0 Å². The van der Waals surface area contributed by atoms with Crippen LogP contribution < -0.4 is 5.14 Å². The predicted octanol–water partition coefficient (Wildman–Crippen LogP) is 2.37. The second-order valence-electron chi connectivity index (χ2n) is 5.38. The van der Waals surface area contributed by atoms with E-state index in [4.69, 9.17) is 5.14 Å². The minimum Gasteiger partial charge on any atom is -0.216 e. The van der Waals surface area contributed by atoms with Crippen molar-refractivity contribution in [1.82, 2.24) is 4.31 Å². The minimum atomic E-state index is -3.60. The quantitative estimate of drug-likeness (QED) is 0.921. The number of nitrogens with two attached hydrogens (primary N) is 1. The van der Waals surface area contributed by atoms with Crippen molar-refractivity contribution in [2.75, 3.05) is 7.05 Å². The van der Waals surface area contributed by atoms with Crippen LogP contribution in [0.15, 0.2) is 24.3 Å². The summed E-state index contributed by atoms with van der Waals surface area (Å²) < 4.78 is 23.5. The SMILES string of the molecule is CN(Cc1ccc(C2CCCCC2)cc1)S(N)(=O)=O. The molecule has 0 amide bonds. The Kier molecular flexibility index (Phi) is 4.60. The van der Waals surface area contributed by atoms with Gasteiger partial charge in [0, 0.05) is 13.6 Å². The molecule has 1 aromatic carbocycles. The highest BCUT2D eigenvalue weighted by atomic mass is 32.2. The first-order chi connectivity index (χ1) is 8.97. The van der Waals surface area contributed by atoms with Gasteiger partial charge in [-0.3, -0.25) is 0 Å². The van der Waals surface area contributed by atoms with Gasteiger partial charge < -0.3 is 0 Å². The average molecular weight is 282 g/mol. The molecule has 0 saturated heterocycles. The Hall–Kier alpha value is -0.910. The van der Waals surface area contributed by atoms with Crippen molar-refractivity contribution in [3.8, 4) is 0 Å². The Balaban J connectivity index is 2.02. The van der Waals surface area contributed by atoms with E-state index in [1.807, 2.05) is 12.1 Å². The van der Waals surface area contributed by atoms with Crippen LogP contribution in [0.3, 0.4) is 0 Å². The molecule has 0 spiro atoms. The van der Waals surface area contributed by atoms with E-state index in [-0.39, 0.29) is 0 Å². The fourth-order valence-electron chi connectivity index (χ4n) is 2.68. The summed E-state index contributed by atoms with van der Waals surface area (Å²) in [6, 6.07) is 8.27. The Morgan fingerprint density at radius 2 is 1.74 bits per heavy atom. The Labute approximate surface area is 115 Å². The molecule has 2 rings (SSSR count). The molecule has 106 valence electrons. The van der Waals surface area contributed by atoms with E-state index >= 15 is 0 Å². The highest BCUT2D eigenvalue weighted by Crippen LogP contribution is 2.32. The molecule has 0 heterocycles. The fourth-order valence-corrected chi connectivity index (χ4v) is 3.01. The van der Waals surface area contributed by atoms with Crippen LogP contribution in [-0.4, -0.2) is 19.8 Å². The van der Waals surface area contributed by atoms with Gasteiger partial charge in [-0.15, -0.1) is 0 Å². The van der Waals surface area contributed by atoms with Gasteiger partial charge in [0.05, 0.1) is 0 Å². The first kappa shape index (κ1) is 14.5. The van der Waals surface area contributed by atoms with Crippen LogP contribution in [0, 0.1) is 0 Å². The molecule has 1 aromatic rings. The summed E-state index contributed by atoms with van der Waals surface area (Å²) in [5.41, 5.74) is 2.35. The first-order valence-electron chi connectivity index (χ1n) is 6.80. The molecule has 0 atom stereocenters. The largest absolute Gasteiger partial charge is 0.276 e. The van der Waals surface area contributed by atoms with E-state index in [1.165, 1.54) is 44.7 Å². The molecule has 0 unspecified atom stereocenters. The molecule has 1 saturated carbocycles. The Morgan fingerprint density at radius 3 is 2.26 bits per heavy atom. The molecule has 19 heavy (non-hydrogen) atoms. The van der Waals surface area contributed by atoms with Crippen LogP contribution in [-0.2, 0) is 16.8 Å². The maximum absolute atomic E-state index is 11.2. The van der Waals surface area contributed by atoms with Crippen LogP contribution in [0.2, 0.25) is 0 Å². The predicted molar refractivity (Wildman–Crippen MR) is 76.8 cm³/mol. The lowest BCUT2D eigenvalue weighted by Gasteiger charge is -2.22. The monoisotopic (exact) mass is 282 g/mol. The topological polar surface area (TPSA) is 63.4 Å². The lowest BCUT2D eigenvalue weighted by Crippen LogP contribution is -2.32. The van der Waals surface area contributed by atoms with E-state index in [0.29, 0.717) is 12.5 Å². The molecule has 0 radical (unpaired) electrons. The summed E-state index contributed by atoms with van der Waals surface area (Å²) >= 11 is 0. The van der Waals surface area contributed by atoms with Gasteiger partial charge in [0.2, 0.25) is 0 Å². The third-order valence-electron chi connectivity index (χ3n) is 3.90. The zero-order valence-corrected chi connectivity index (χ0v) is 12.2. The summed E-state index contributed by atoms with van der Waals surface area (Å²) in [7, 11) is -2.11. The number of benzene rings is 1. The normalized spacial score (nSPS) is 17.8. The molecule has 1 aliphatic rings. The number of rotatable bonds is 4. The fraction of sp³-hybridized carbons (Fsp3) is 0.571. The van der Waals surface area contributed by atoms with Gasteiger partial charge >= 0.3 is 0 Å². The average Bonchev–Trinajstić information content (AvgIpc) is 2.39. The lowest BCUT2D eigenvalue weighted by molar-refractivity contribution is 0.443. The molecule has 1 fully saturated rings. The van der Waals surface area contributed by atoms with E-state index in [9.17, 15) is 8.42 Å². The first-order valence-corrected chi connectivity index (χ1v) is 8.30. The van der Waals surface area contributed by atoms with E-state index in [2.05, 4.69) is 12.1 Å². The maximum Gasteiger partial charge on any atom is 0.276 e. The third kappa shape index (κ3) is 4.03. The van der Waals surface area contributed by atoms with Crippen molar-refractivity contribution in [3.63, 3.8) is 0 Å². The van der Waals surface area contributed by atoms with Gasteiger partial charge in [-0.25, -0.2) is 5.14 Å². The molecule has 4 nitrogen and oxygen atoms in total. The highest BCUT2D eigenvalue weighted by Gasteiger charge is 2.16. The summed E-state index contributed by atoms with van der Waals surface area (Å²) in [4.78, 5) is 0. The van der Waals surface area contributed by atoms with Crippen molar-refractivity contribution in [3.05, 3.63) is 35.4 Å². The number of nitrogens with zero attached hydrogens (tertiary/aromatic N) is 1. The summed E-state index contributed by atoms with van der Waals surface area (Å²) in [6.07, 6.45) is 6.54. The van der Waals surface area contributed by atoms with Crippen LogP contribution in [0.25, 0.3) is 0 Å². The van der Waals surface area contributed by atoms with Crippen LogP contribution >= 0.6 is 0 Å². The molecule has 2 N–H and O–H groups in total. The van der Waals surface area contributed by atoms with E-state index < -0.39 is 10.2 Å². The highest BCUT2D eigenvalue weighted by molar-refractivity contribution is 7.86. The smallest absolute Gasteiger partial charge is 0.216 e. The van der Waals surface area contributed by atoms with Gasteiger partial charge in [0.1, 0.15) is 0 Å². The van der Waals surface area contributed by atoms with Crippen LogP contribution in [0.5, 0.6) is 0 Å². The molecule has 5 heteroatoms. The number of hydrogen-bond acceptors (Lipinski definition) is 2. The van der Waals surface area contributed by atoms with Gasteiger partial charge in [-0.1, -0.05) is 43.5 Å². The summed E-state index contributed by atoms with van der Waals surface area (Å²) in [5, 5.41) is 5.07.